The number of esters is 4. The Morgan fingerprint density at radius 3 is 2.46 bits per heavy atom. The van der Waals surface area contributed by atoms with Gasteiger partial charge in [-0.2, -0.15) is 0 Å². The van der Waals surface area contributed by atoms with Crippen LogP contribution in [0.3, 0.4) is 0 Å². The number of fused-ring (bicyclic) bond motifs is 2. The highest BCUT2D eigenvalue weighted by Crippen LogP contribution is 2.72. The summed E-state index contributed by atoms with van der Waals surface area (Å²) in [5.41, 5.74) is 1.70. The number of methoxy groups -OCH3 is 1. The number of Topliss-reactive ketones (excluding diaryl/α,β-unsaturated/α-hetero) is 1. The molecule has 2 aliphatic heterocycles. The largest absolute Gasteiger partial charge is 0.467 e. The summed E-state index contributed by atoms with van der Waals surface area (Å²) in [4.78, 5) is 65.1. The number of aliphatic hydroxyl groups excluding tert-OH is 2. The van der Waals surface area contributed by atoms with E-state index in [1.54, 1.807) is 27.7 Å². The molecule has 10 atom stereocenters. The Kier molecular flexibility index (Phi) is 6.96. The van der Waals surface area contributed by atoms with Crippen molar-refractivity contribution in [1.29, 1.82) is 0 Å². The normalized spacial score (nSPS) is 42.4. The number of carbonyl (C=O) groups excluding carboxylic acids is 5. The smallest absolute Gasteiger partial charge is 0.348 e. The summed E-state index contributed by atoms with van der Waals surface area (Å²) < 4.78 is 27.9. The number of carbonyl (C=O) groups is 5. The first-order valence-corrected chi connectivity index (χ1v) is 13.5. The molecule has 13 nitrogen and oxygen atoms in total. The maximum Gasteiger partial charge on any atom is 0.348 e. The second-order valence-corrected chi connectivity index (χ2v) is 12.2. The van der Waals surface area contributed by atoms with Gasteiger partial charge >= 0.3 is 23.9 Å². The number of allylic oxidation sites excluding steroid dienone is 3. The Morgan fingerprint density at radius 2 is 1.85 bits per heavy atom. The third-order valence-electron chi connectivity index (χ3n) is 9.85. The van der Waals surface area contributed by atoms with E-state index < -0.39 is 94.8 Å². The maximum atomic E-state index is 13.5. The zero-order valence-electron chi connectivity index (χ0n) is 23.5. The molecule has 41 heavy (non-hydrogen) atoms. The Morgan fingerprint density at radius 1 is 1.17 bits per heavy atom. The first-order chi connectivity index (χ1) is 19.2. The van der Waals surface area contributed by atoms with E-state index in [4.69, 9.17) is 29.4 Å². The Hall–Kier alpha value is -3.13. The van der Waals surface area contributed by atoms with Crippen molar-refractivity contribution in [2.75, 3.05) is 20.3 Å². The Labute approximate surface area is 235 Å². The Bertz CT molecular complexity index is 1280. The number of hydrogen-bond donors (Lipinski definition) is 3. The fourth-order valence-corrected chi connectivity index (χ4v) is 8.53. The van der Waals surface area contributed by atoms with Crippen molar-refractivity contribution in [2.45, 2.75) is 70.6 Å². The number of rotatable bonds is 5. The van der Waals surface area contributed by atoms with Crippen LogP contribution in [-0.4, -0.2) is 90.2 Å². The van der Waals surface area contributed by atoms with Gasteiger partial charge in [0, 0.05) is 23.8 Å². The molecule has 0 radical (unpaired) electrons. The molecule has 1 unspecified atom stereocenters. The van der Waals surface area contributed by atoms with Gasteiger partial charge in [0.15, 0.2) is 11.5 Å². The summed E-state index contributed by atoms with van der Waals surface area (Å²) in [6.45, 7) is 6.02. The minimum absolute atomic E-state index is 0.121. The zero-order chi connectivity index (χ0) is 30.2. The average molecular weight is 578 g/mol. The molecular formula is C28H35NO12. The van der Waals surface area contributed by atoms with Crippen molar-refractivity contribution in [1.82, 2.24) is 0 Å². The number of nitrogens with two attached hydrogens (primary N) is 1. The van der Waals surface area contributed by atoms with Crippen LogP contribution in [0.5, 0.6) is 0 Å². The fourth-order valence-electron chi connectivity index (χ4n) is 8.53. The lowest BCUT2D eigenvalue weighted by Crippen LogP contribution is -2.79. The standard InChI is InChI=1S/C28H35NO12/c1-11(2)6-16(31)40-20-22-27-10-38-28(22,25(36)37-5)23(34)18(33)21(27)26(4)8-14(30)19(41-17(32)9-29)12(3)13(26)7-15(27)39-24(20)35/h6,13,15,18,20-23,33-34H,7-10,29H2,1-5H3/t13-,15+,18+,20+,21?,22+,23-,26-,27+,28-/m0/s1. The first kappa shape index (κ1) is 29.4. The molecule has 4 N–H and O–H groups in total. The SMILES string of the molecule is COC(=O)[C@@]12OC[C@]34C([C@@H](O)[C@@H]1O)[C@@]1(C)CC(=O)C(OC(=O)CN)=C(C)[C@@H]1C[C@H]3OC(=O)[C@H](OC(=O)C=C(C)C)[C@@H]24. The molecule has 2 bridgehead atoms. The van der Waals surface area contributed by atoms with Crippen LogP contribution in [0.2, 0.25) is 0 Å². The lowest BCUT2D eigenvalue weighted by atomic mass is 9.38. The van der Waals surface area contributed by atoms with Gasteiger partial charge in [0.25, 0.3) is 0 Å². The second-order valence-electron chi connectivity index (χ2n) is 12.2. The van der Waals surface area contributed by atoms with E-state index in [0.717, 1.165) is 7.11 Å². The summed E-state index contributed by atoms with van der Waals surface area (Å²) in [5, 5.41) is 23.4. The lowest BCUT2D eigenvalue weighted by molar-refractivity contribution is -0.290. The molecule has 5 aliphatic rings. The highest BCUT2D eigenvalue weighted by Gasteiger charge is 2.85. The highest BCUT2D eigenvalue weighted by atomic mass is 16.6. The fraction of sp³-hybridized carbons (Fsp3) is 0.679. The molecule has 0 aromatic rings. The summed E-state index contributed by atoms with van der Waals surface area (Å²) in [5.74, 6) is -7.14. The van der Waals surface area contributed by atoms with Crippen molar-refractivity contribution in [2.24, 2.45) is 34.3 Å². The van der Waals surface area contributed by atoms with Crippen LogP contribution in [-0.2, 0) is 47.7 Å². The summed E-state index contributed by atoms with van der Waals surface area (Å²) in [6, 6.07) is 0. The van der Waals surface area contributed by atoms with Gasteiger partial charge in [0.1, 0.15) is 12.2 Å². The molecule has 224 valence electrons. The van der Waals surface area contributed by atoms with Crippen molar-refractivity contribution in [3.05, 3.63) is 23.0 Å². The quantitative estimate of drug-likeness (QED) is 0.214. The van der Waals surface area contributed by atoms with Crippen LogP contribution in [0.15, 0.2) is 23.0 Å². The van der Waals surface area contributed by atoms with Gasteiger partial charge in [-0.3, -0.25) is 9.59 Å². The topological polar surface area (TPSA) is 198 Å². The van der Waals surface area contributed by atoms with E-state index in [-0.39, 0.29) is 25.2 Å². The highest BCUT2D eigenvalue weighted by molar-refractivity contribution is 5.98. The lowest BCUT2D eigenvalue weighted by Gasteiger charge is -2.67. The van der Waals surface area contributed by atoms with Gasteiger partial charge in [0.05, 0.1) is 32.3 Å². The minimum Gasteiger partial charge on any atom is -0.467 e. The van der Waals surface area contributed by atoms with Crippen LogP contribution in [0, 0.1) is 28.6 Å². The van der Waals surface area contributed by atoms with Crippen LogP contribution in [0.25, 0.3) is 0 Å². The molecule has 0 aromatic carbocycles. The van der Waals surface area contributed by atoms with E-state index in [1.807, 2.05) is 0 Å². The van der Waals surface area contributed by atoms with E-state index >= 15 is 0 Å². The predicted molar refractivity (Wildman–Crippen MR) is 135 cm³/mol. The summed E-state index contributed by atoms with van der Waals surface area (Å²) in [6.07, 6.45) is -5.12. The second kappa shape index (κ2) is 9.72. The molecule has 0 amide bonds. The summed E-state index contributed by atoms with van der Waals surface area (Å²) >= 11 is 0. The van der Waals surface area contributed by atoms with Gasteiger partial charge in [-0.1, -0.05) is 12.5 Å². The van der Waals surface area contributed by atoms with Crippen molar-refractivity contribution in [3.8, 4) is 0 Å². The average Bonchev–Trinajstić information content (AvgIpc) is 3.21. The number of ether oxygens (including phenoxy) is 5. The minimum atomic E-state index is -2.26. The van der Waals surface area contributed by atoms with Gasteiger partial charge in [-0.15, -0.1) is 0 Å². The van der Waals surface area contributed by atoms with Crippen LogP contribution in [0.4, 0.5) is 0 Å². The third-order valence-corrected chi connectivity index (χ3v) is 9.85. The first-order valence-electron chi connectivity index (χ1n) is 13.5. The molecule has 0 aromatic heterocycles. The molecule has 2 saturated heterocycles. The van der Waals surface area contributed by atoms with Crippen molar-refractivity contribution in [3.63, 3.8) is 0 Å². The monoisotopic (exact) mass is 577 g/mol. The molecule has 2 saturated carbocycles. The number of aliphatic hydroxyl groups is 2. The molecule has 5 rings (SSSR count). The van der Waals surface area contributed by atoms with E-state index in [9.17, 15) is 34.2 Å². The van der Waals surface area contributed by atoms with Crippen LogP contribution >= 0.6 is 0 Å². The van der Waals surface area contributed by atoms with E-state index in [2.05, 4.69) is 0 Å². The molecule has 4 fully saturated rings. The van der Waals surface area contributed by atoms with Crippen LogP contribution < -0.4 is 5.73 Å². The van der Waals surface area contributed by atoms with Gasteiger partial charge < -0.3 is 39.6 Å². The van der Waals surface area contributed by atoms with Crippen molar-refractivity contribution >= 4 is 29.7 Å². The summed E-state index contributed by atoms with van der Waals surface area (Å²) in [7, 11) is 1.08. The van der Waals surface area contributed by atoms with Crippen molar-refractivity contribution < 1.29 is 57.9 Å². The predicted octanol–water partition coefficient (Wildman–Crippen LogP) is -0.539. The third kappa shape index (κ3) is 3.78. The van der Waals surface area contributed by atoms with Gasteiger partial charge in [-0.25, -0.2) is 14.4 Å². The molecule has 13 heteroatoms. The number of ketones is 1. The molecule has 2 heterocycles. The molecule has 1 spiro atoms. The molecular weight excluding hydrogens is 542 g/mol. The van der Waals surface area contributed by atoms with Gasteiger partial charge in [-0.05, 0) is 44.1 Å². The maximum absolute atomic E-state index is 13.5. The van der Waals surface area contributed by atoms with Gasteiger partial charge in [0.2, 0.25) is 11.7 Å². The Balaban J connectivity index is 1.70. The number of hydrogen-bond acceptors (Lipinski definition) is 13. The zero-order valence-corrected chi connectivity index (χ0v) is 23.5. The molecule has 3 aliphatic carbocycles. The van der Waals surface area contributed by atoms with E-state index in [1.165, 1.54) is 6.08 Å². The van der Waals surface area contributed by atoms with E-state index in [0.29, 0.717) is 11.1 Å². The van der Waals surface area contributed by atoms with Crippen LogP contribution in [0.1, 0.15) is 40.5 Å².